The van der Waals surface area contributed by atoms with E-state index in [0.29, 0.717) is 0 Å². The number of nitrogens with zero attached hydrogens (tertiary/aromatic N) is 1. The summed E-state index contributed by atoms with van der Waals surface area (Å²) in [4.78, 5) is 12.8. The lowest BCUT2D eigenvalue weighted by atomic mass is 10.1. The summed E-state index contributed by atoms with van der Waals surface area (Å²) in [7, 11) is 0. The van der Waals surface area contributed by atoms with Crippen LogP contribution >= 0.6 is 0 Å². The lowest BCUT2D eigenvalue weighted by Crippen LogP contribution is -1.81. The first-order valence-electron chi connectivity index (χ1n) is 4.56. The van der Waals surface area contributed by atoms with E-state index < -0.39 is 4.92 Å². The van der Waals surface area contributed by atoms with Crippen molar-refractivity contribution in [2.75, 3.05) is 0 Å². The molecule has 0 amide bonds. The van der Waals surface area contributed by atoms with Crippen LogP contribution in [0.2, 0.25) is 0 Å². The number of hydrogen-bond acceptors (Lipinski definition) is 2. The zero-order chi connectivity index (χ0) is 10.8. The Balaban J connectivity index is 2.52. The van der Waals surface area contributed by atoms with Crippen LogP contribution in [0, 0.1) is 17.0 Å². The molecule has 1 aromatic heterocycles. The average Bonchev–Trinajstić information content (AvgIpc) is 2.57. The Morgan fingerprint density at radius 2 is 2.27 bits per heavy atom. The number of nitrogens with one attached hydrogen (secondary N) is 1. The van der Waals surface area contributed by atoms with Gasteiger partial charge in [-0.1, -0.05) is 11.6 Å². The first-order chi connectivity index (χ1) is 7.16. The van der Waals surface area contributed by atoms with E-state index in [1.165, 1.54) is 6.08 Å². The second-order valence-corrected chi connectivity index (χ2v) is 3.39. The van der Waals surface area contributed by atoms with Gasteiger partial charge in [0.15, 0.2) is 0 Å². The molecule has 0 aliphatic rings. The Hall–Kier alpha value is -2.10. The number of nitro groups is 1. The molecule has 0 saturated carbocycles. The van der Waals surface area contributed by atoms with Gasteiger partial charge in [0.25, 0.3) is 0 Å². The van der Waals surface area contributed by atoms with Gasteiger partial charge in [0.2, 0.25) is 6.20 Å². The number of aromatic amines is 1. The average molecular weight is 202 g/mol. The van der Waals surface area contributed by atoms with Crippen LogP contribution in [-0.4, -0.2) is 9.91 Å². The summed E-state index contributed by atoms with van der Waals surface area (Å²) in [6.07, 6.45) is 4.22. The Morgan fingerprint density at radius 3 is 3.00 bits per heavy atom. The first kappa shape index (κ1) is 9.45. The molecule has 0 spiro atoms. The van der Waals surface area contributed by atoms with Gasteiger partial charge in [0.1, 0.15) is 0 Å². The SMILES string of the molecule is Cc1ccc2[nH]cc(C=C[N+](=O)[O-])c2c1. The summed E-state index contributed by atoms with van der Waals surface area (Å²) in [5.41, 5.74) is 2.96. The second kappa shape index (κ2) is 3.57. The zero-order valence-corrected chi connectivity index (χ0v) is 8.23. The fourth-order valence-electron chi connectivity index (χ4n) is 1.54. The standard InChI is InChI=1S/C11H10N2O2/c1-8-2-3-11-10(6-8)9(7-12-11)4-5-13(14)15/h2-7,12H,1H3. The number of aromatic nitrogens is 1. The van der Waals surface area contributed by atoms with Crippen LogP contribution in [0.25, 0.3) is 17.0 Å². The number of H-pyrrole nitrogens is 1. The third-order valence-electron chi connectivity index (χ3n) is 2.25. The molecule has 1 heterocycles. The van der Waals surface area contributed by atoms with E-state index in [9.17, 15) is 10.1 Å². The fraction of sp³-hybridized carbons (Fsp3) is 0.0909. The van der Waals surface area contributed by atoms with Gasteiger partial charge in [0.05, 0.1) is 4.92 Å². The molecular weight excluding hydrogens is 192 g/mol. The molecule has 15 heavy (non-hydrogen) atoms. The maximum atomic E-state index is 10.2. The third-order valence-corrected chi connectivity index (χ3v) is 2.25. The van der Waals surface area contributed by atoms with E-state index in [-0.39, 0.29) is 0 Å². The molecule has 1 aromatic carbocycles. The summed E-state index contributed by atoms with van der Waals surface area (Å²) in [5, 5.41) is 11.2. The van der Waals surface area contributed by atoms with Crippen molar-refractivity contribution < 1.29 is 4.92 Å². The van der Waals surface area contributed by atoms with Crippen molar-refractivity contribution in [3.63, 3.8) is 0 Å². The highest BCUT2D eigenvalue weighted by atomic mass is 16.6. The Morgan fingerprint density at radius 1 is 1.47 bits per heavy atom. The van der Waals surface area contributed by atoms with Gasteiger partial charge in [0, 0.05) is 28.7 Å². The van der Waals surface area contributed by atoms with Crippen molar-refractivity contribution in [1.82, 2.24) is 4.98 Å². The van der Waals surface area contributed by atoms with Crippen LogP contribution in [-0.2, 0) is 0 Å². The van der Waals surface area contributed by atoms with Crippen molar-refractivity contribution in [3.8, 4) is 0 Å². The molecule has 0 radical (unpaired) electrons. The van der Waals surface area contributed by atoms with Gasteiger partial charge >= 0.3 is 0 Å². The zero-order valence-electron chi connectivity index (χ0n) is 8.23. The molecule has 0 bridgehead atoms. The largest absolute Gasteiger partial charge is 0.361 e. The van der Waals surface area contributed by atoms with Crippen LogP contribution in [0.4, 0.5) is 0 Å². The molecule has 0 saturated heterocycles. The maximum absolute atomic E-state index is 10.2. The van der Waals surface area contributed by atoms with Crippen molar-refractivity contribution >= 4 is 17.0 Å². The van der Waals surface area contributed by atoms with Crippen LogP contribution in [0.15, 0.2) is 30.6 Å². The molecule has 4 heteroatoms. The Labute approximate surface area is 86.4 Å². The summed E-state index contributed by atoms with van der Waals surface area (Å²) in [6.45, 7) is 1.99. The van der Waals surface area contributed by atoms with Crippen LogP contribution in [0.3, 0.4) is 0 Å². The summed E-state index contributed by atoms with van der Waals surface area (Å²) in [5.74, 6) is 0. The molecule has 0 atom stereocenters. The summed E-state index contributed by atoms with van der Waals surface area (Å²) >= 11 is 0. The molecule has 0 fully saturated rings. The van der Waals surface area contributed by atoms with Crippen molar-refractivity contribution in [1.29, 1.82) is 0 Å². The molecule has 0 aliphatic carbocycles. The Kier molecular flexibility index (Phi) is 2.25. The maximum Gasteiger partial charge on any atom is 0.235 e. The number of hydrogen-bond donors (Lipinski definition) is 1. The van der Waals surface area contributed by atoms with Gasteiger partial charge in [-0.3, -0.25) is 10.1 Å². The van der Waals surface area contributed by atoms with Crippen LogP contribution in [0.1, 0.15) is 11.1 Å². The van der Waals surface area contributed by atoms with E-state index in [1.807, 2.05) is 25.1 Å². The highest BCUT2D eigenvalue weighted by molar-refractivity contribution is 5.89. The van der Waals surface area contributed by atoms with Crippen LogP contribution < -0.4 is 0 Å². The molecule has 2 rings (SSSR count). The lowest BCUT2D eigenvalue weighted by molar-refractivity contribution is -0.400. The van der Waals surface area contributed by atoms with E-state index in [0.717, 1.165) is 28.2 Å². The first-order valence-corrected chi connectivity index (χ1v) is 4.56. The third kappa shape index (κ3) is 1.88. The predicted octanol–water partition coefficient (Wildman–Crippen LogP) is 2.72. The van der Waals surface area contributed by atoms with Crippen molar-refractivity contribution in [3.05, 3.63) is 51.8 Å². The minimum absolute atomic E-state index is 0.464. The van der Waals surface area contributed by atoms with Crippen molar-refractivity contribution in [2.45, 2.75) is 6.92 Å². The van der Waals surface area contributed by atoms with Crippen LogP contribution in [0.5, 0.6) is 0 Å². The second-order valence-electron chi connectivity index (χ2n) is 3.39. The molecule has 0 aliphatic heterocycles. The van der Waals surface area contributed by atoms with Gasteiger partial charge in [-0.25, -0.2) is 0 Å². The number of benzene rings is 1. The molecule has 0 unspecified atom stereocenters. The normalized spacial score (nSPS) is 11.3. The molecule has 4 nitrogen and oxygen atoms in total. The van der Waals surface area contributed by atoms with E-state index in [2.05, 4.69) is 4.98 Å². The minimum Gasteiger partial charge on any atom is -0.361 e. The Bertz CT molecular complexity index is 541. The molecule has 2 aromatic rings. The fourth-order valence-corrected chi connectivity index (χ4v) is 1.54. The molecular formula is C11H10N2O2. The number of fused-ring (bicyclic) bond motifs is 1. The molecule has 76 valence electrons. The smallest absolute Gasteiger partial charge is 0.235 e. The number of aryl methyl sites for hydroxylation is 1. The quantitative estimate of drug-likeness (QED) is 0.601. The predicted molar refractivity (Wildman–Crippen MR) is 59.1 cm³/mol. The monoisotopic (exact) mass is 202 g/mol. The number of rotatable bonds is 2. The van der Waals surface area contributed by atoms with Gasteiger partial charge < -0.3 is 4.98 Å². The topological polar surface area (TPSA) is 58.9 Å². The summed E-state index contributed by atoms with van der Waals surface area (Å²) in [6, 6.07) is 5.97. The van der Waals surface area contributed by atoms with Gasteiger partial charge in [-0.2, -0.15) is 0 Å². The minimum atomic E-state index is -0.464. The van der Waals surface area contributed by atoms with E-state index in [1.54, 1.807) is 6.20 Å². The lowest BCUT2D eigenvalue weighted by Gasteiger charge is -1.93. The van der Waals surface area contributed by atoms with E-state index >= 15 is 0 Å². The van der Waals surface area contributed by atoms with Gasteiger partial charge in [-0.05, 0) is 19.1 Å². The van der Waals surface area contributed by atoms with Crippen molar-refractivity contribution in [2.24, 2.45) is 0 Å². The van der Waals surface area contributed by atoms with Gasteiger partial charge in [-0.15, -0.1) is 0 Å². The highest BCUT2D eigenvalue weighted by Crippen LogP contribution is 2.20. The summed E-state index contributed by atoms with van der Waals surface area (Å²) < 4.78 is 0. The highest BCUT2D eigenvalue weighted by Gasteiger charge is 2.01. The molecule has 1 N–H and O–H groups in total. The van der Waals surface area contributed by atoms with E-state index in [4.69, 9.17) is 0 Å².